The molecule has 14 heavy (non-hydrogen) atoms. The number of hydrogen-bond acceptors (Lipinski definition) is 0. The summed E-state index contributed by atoms with van der Waals surface area (Å²) >= 11 is 2.48. The van der Waals surface area contributed by atoms with Gasteiger partial charge in [-0.25, -0.2) is 0 Å². The molecule has 0 aromatic heterocycles. The highest BCUT2D eigenvalue weighted by Crippen LogP contribution is 2.25. The first-order valence-electron chi connectivity index (χ1n) is 5.16. The molecule has 1 aromatic rings. The lowest BCUT2D eigenvalue weighted by molar-refractivity contribution is 0.394. The summed E-state index contributed by atoms with van der Waals surface area (Å²) < 4.78 is 1.23. The summed E-state index contributed by atoms with van der Waals surface area (Å²) in [6, 6.07) is 8.70. The van der Waals surface area contributed by atoms with Crippen LogP contribution in [0.25, 0.3) is 0 Å². The highest BCUT2D eigenvalue weighted by Gasteiger charge is 2.15. The molecule has 1 heteroatoms. The van der Waals surface area contributed by atoms with E-state index in [4.69, 9.17) is 0 Å². The maximum atomic E-state index is 2.48. The van der Waals surface area contributed by atoms with Gasteiger partial charge in [-0.3, -0.25) is 0 Å². The van der Waals surface area contributed by atoms with Gasteiger partial charge in [0.05, 0.1) is 0 Å². The number of rotatable bonds is 4. The molecule has 0 saturated carbocycles. The first-order valence-corrected chi connectivity index (χ1v) is 6.68. The van der Waals surface area contributed by atoms with Gasteiger partial charge in [0.25, 0.3) is 0 Å². The highest BCUT2D eigenvalue weighted by atomic mass is 127. The lowest BCUT2D eigenvalue weighted by atomic mass is 9.88. The molecule has 0 aliphatic heterocycles. The van der Waals surface area contributed by atoms with Crippen LogP contribution in [0.2, 0.25) is 0 Å². The van der Waals surface area contributed by atoms with Crippen molar-refractivity contribution in [3.63, 3.8) is 0 Å². The summed E-state index contributed by atoms with van der Waals surface area (Å²) in [6.07, 6.45) is 2.49. The Morgan fingerprint density at radius 3 is 2.43 bits per heavy atom. The van der Waals surface area contributed by atoms with E-state index in [-0.39, 0.29) is 0 Å². The van der Waals surface area contributed by atoms with Crippen LogP contribution in [0.5, 0.6) is 0 Å². The van der Waals surface area contributed by atoms with Gasteiger partial charge in [0.1, 0.15) is 0 Å². The van der Waals surface area contributed by atoms with Gasteiger partial charge in [-0.1, -0.05) is 60.7 Å². The predicted octanol–water partition coefficient (Wildman–Crippen LogP) is 4.39. The number of aryl methyl sites for hydroxylation is 2. The third-order valence-corrected chi connectivity index (χ3v) is 4.76. The zero-order valence-electron chi connectivity index (χ0n) is 9.31. The van der Waals surface area contributed by atoms with Gasteiger partial charge in [0.2, 0.25) is 0 Å². The maximum Gasteiger partial charge on any atom is 0.00468 e. The van der Waals surface area contributed by atoms with Crippen molar-refractivity contribution >= 4 is 22.6 Å². The molecule has 0 spiro atoms. The number of alkyl halides is 1. The van der Waals surface area contributed by atoms with Gasteiger partial charge < -0.3 is 0 Å². The van der Waals surface area contributed by atoms with Crippen LogP contribution in [-0.4, -0.2) is 4.43 Å². The van der Waals surface area contributed by atoms with E-state index in [2.05, 4.69) is 67.6 Å². The number of hydrogen-bond donors (Lipinski definition) is 0. The fraction of sp³-hybridized carbons (Fsp3) is 0.538. The summed E-state index contributed by atoms with van der Waals surface area (Å²) in [5, 5.41) is 0. The van der Waals surface area contributed by atoms with Crippen LogP contribution in [0.15, 0.2) is 24.3 Å². The Morgan fingerprint density at radius 2 is 1.86 bits per heavy atom. The summed E-state index contributed by atoms with van der Waals surface area (Å²) in [7, 11) is 0. The zero-order chi connectivity index (χ0) is 10.6. The van der Waals surface area contributed by atoms with Crippen molar-refractivity contribution in [2.45, 2.75) is 33.6 Å². The molecule has 0 amide bonds. The minimum absolute atomic E-state index is 0.475. The maximum absolute atomic E-state index is 2.48. The zero-order valence-corrected chi connectivity index (χ0v) is 11.5. The molecular formula is C13H19I. The van der Waals surface area contributed by atoms with E-state index in [0.29, 0.717) is 5.41 Å². The fourth-order valence-electron chi connectivity index (χ4n) is 1.43. The minimum Gasteiger partial charge on any atom is -0.0858 e. The average Bonchev–Trinajstić information content (AvgIpc) is 2.17. The molecule has 1 rings (SSSR count). The topological polar surface area (TPSA) is 0 Å². The molecule has 0 aliphatic rings. The molecule has 0 bridgehead atoms. The van der Waals surface area contributed by atoms with Crippen molar-refractivity contribution in [1.29, 1.82) is 0 Å². The van der Waals surface area contributed by atoms with E-state index in [0.717, 1.165) is 0 Å². The van der Waals surface area contributed by atoms with Crippen LogP contribution in [0.4, 0.5) is 0 Å². The highest BCUT2D eigenvalue weighted by molar-refractivity contribution is 14.1. The van der Waals surface area contributed by atoms with Crippen molar-refractivity contribution in [1.82, 2.24) is 0 Å². The Kier molecular flexibility index (Phi) is 4.42. The molecule has 0 fully saturated rings. The number of benzene rings is 1. The molecule has 1 aromatic carbocycles. The van der Waals surface area contributed by atoms with E-state index in [1.807, 2.05) is 0 Å². The van der Waals surface area contributed by atoms with E-state index < -0.39 is 0 Å². The molecule has 0 heterocycles. The van der Waals surface area contributed by atoms with Crippen LogP contribution in [-0.2, 0) is 6.42 Å². The molecular weight excluding hydrogens is 283 g/mol. The summed E-state index contributed by atoms with van der Waals surface area (Å²) in [6.45, 7) is 6.89. The summed E-state index contributed by atoms with van der Waals surface area (Å²) in [4.78, 5) is 0. The van der Waals surface area contributed by atoms with E-state index in [9.17, 15) is 0 Å². The van der Waals surface area contributed by atoms with Crippen LogP contribution >= 0.6 is 22.6 Å². The van der Waals surface area contributed by atoms with Gasteiger partial charge in [-0.15, -0.1) is 0 Å². The van der Waals surface area contributed by atoms with Gasteiger partial charge >= 0.3 is 0 Å². The van der Waals surface area contributed by atoms with E-state index in [1.54, 1.807) is 0 Å². The molecule has 0 aliphatic carbocycles. The SMILES string of the molecule is Cc1ccccc1CCC(C)(C)CI. The Balaban J connectivity index is 2.58. The Labute approximate surface area is 101 Å². The van der Waals surface area contributed by atoms with E-state index in [1.165, 1.54) is 28.4 Å². The monoisotopic (exact) mass is 302 g/mol. The molecule has 0 saturated heterocycles. The molecule has 0 atom stereocenters. The van der Waals surface area contributed by atoms with Gasteiger partial charge in [-0.05, 0) is 36.3 Å². The third-order valence-electron chi connectivity index (χ3n) is 2.69. The molecule has 0 unspecified atom stereocenters. The van der Waals surface area contributed by atoms with Crippen molar-refractivity contribution in [2.24, 2.45) is 5.41 Å². The van der Waals surface area contributed by atoms with Crippen LogP contribution < -0.4 is 0 Å². The normalized spacial score (nSPS) is 11.7. The Hall–Kier alpha value is -0.0500. The smallest absolute Gasteiger partial charge is 0.00468 e. The molecule has 78 valence electrons. The largest absolute Gasteiger partial charge is 0.0858 e. The van der Waals surface area contributed by atoms with Crippen molar-refractivity contribution in [2.75, 3.05) is 4.43 Å². The second kappa shape index (κ2) is 5.15. The second-order valence-electron chi connectivity index (χ2n) is 4.72. The van der Waals surface area contributed by atoms with Crippen molar-refractivity contribution < 1.29 is 0 Å². The second-order valence-corrected chi connectivity index (χ2v) is 5.49. The predicted molar refractivity (Wildman–Crippen MR) is 72.2 cm³/mol. The van der Waals surface area contributed by atoms with Crippen LogP contribution in [0, 0.1) is 12.3 Å². The standard InChI is InChI=1S/C13H19I/c1-11-6-4-5-7-12(11)8-9-13(2,3)10-14/h4-7H,8-10H2,1-3H3. The first-order chi connectivity index (χ1) is 6.55. The summed E-state index contributed by atoms with van der Waals surface area (Å²) in [5.41, 5.74) is 3.41. The first kappa shape index (κ1) is 12.0. The lowest BCUT2D eigenvalue weighted by Gasteiger charge is -2.21. The van der Waals surface area contributed by atoms with Gasteiger partial charge in [0.15, 0.2) is 0 Å². The number of halogens is 1. The quantitative estimate of drug-likeness (QED) is 0.571. The Morgan fingerprint density at radius 1 is 1.21 bits per heavy atom. The van der Waals surface area contributed by atoms with Crippen molar-refractivity contribution in [3.8, 4) is 0 Å². The van der Waals surface area contributed by atoms with E-state index >= 15 is 0 Å². The van der Waals surface area contributed by atoms with Crippen LogP contribution in [0.1, 0.15) is 31.4 Å². The summed E-state index contributed by atoms with van der Waals surface area (Å²) in [5.74, 6) is 0. The average molecular weight is 302 g/mol. The van der Waals surface area contributed by atoms with Gasteiger partial charge in [-0.2, -0.15) is 0 Å². The van der Waals surface area contributed by atoms with Gasteiger partial charge in [0, 0.05) is 4.43 Å². The van der Waals surface area contributed by atoms with Crippen molar-refractivity contribution in [3.05, 3.63) is 35.4 Å². The lowest BCUT2D eigenvalue weighted by Crippen LogP contribution is -2.14. The third kappa shape index (κ3) is 3.60. The fourth-order valence-corrected chi connectivity index (χ4v) is 1.81. The molecule has 0 N–H and O–H groups in total. The molecule has 0 nitrogen and oxygen atoms in total. The van der Waals surface area contributed by atoms with Crippen LogP contribution in [0.3, 0.4) is 0 Å². The molecule has 0 radical (unpaired) electrons. The minimum atomic E-state index is 0.475. The Bertz CT molecular complexity index is 289.